The zero-order chi connectivity index (χ0) is 25.0. The van der Waals surface area contributed by atoms with Gasteiger partial charge in [-0.1, -0.05) is 91.0 Å². The lowest BCUT2D eigenvalue weighted by atomic mass is 9.76. The topological polar surface area (TPSA) is 81.7 Å². The van der Waals surface area contributed by atoms with Crippen molar-refractivity contribution in [3.8, 4) is 0 Å². The number of nitrogen functional groups attached to an aromatic ring is 1. The van der Waals surface area contributed by atoms with Gasteiger partial charge in [-0.2, -0.15) is 0 Å². The minimum atomic E-state index is -0.815. The van der Waals surface area contributed by atoms with Gasteiger partial charge in [-0.15, -0.1) is 0 Å². The molecule has 1 atom stereocenters. The van der Waals surface area contributed by atoms with Crippen LogP contribution in [0.5, 0.6) is 0 Å². The van der Waals surface area contributed by atoms with Gasteiger partial charge in [0.1, 0.15) is 6.04 Å². The molecule has 3 N–H and O–H groups in total. The van der Waals surface area contributed by atoms with Crippen molar-refractivity contribution in [1.29, 1.82) is 0 Å². The summed E-state index contributed by atoms with van der Waals surface area (Å²) in [6, 6.07) is 33.6. The number of benzene rings is 3. The fraction of sp³-hybridized carbons (Fsp3) is 0.133. The SMILES string of the molecule is COC(=O)[C@H](Cc1ccc(N)c2nccn12)NC(c1ccccc1)(c1ccccc1)c1ccccc1. The van der Waals surface area contributed by atoms with Crippen LogP contribution < -0.4 is 11.1 Å². The number of rotatable bonds is 8. The fourth-order valence-corrected chi connectivity index (χ4v) is 4.88. The van der Waals surface area contributed by atoms with Gasteiger partial charge in [0.05, 0.1) is 18.3 Å². The third-order valence-electron chi connectivity index (χ3n) is 6.57. The highest BCUT2D eigenvalue weighted by atomic mass is 16.5. The number of aromatic nitrogens is 2. The molecule has 0 saturated heterocycles. The monoisotopic (exact) mass is 476 g/mol. The highest BCUT2D eigenvalue weighted by Gasteiger charge is 2.40. The summed E-state index contributed by atoms with van der Waals surface area (Å²) < 4.78 is 7.22. The maximum absolute atomic E-state index is 13.3. The number of fused-ring (bicyclic) bond motifs is 1. The number of pyridine rings is 1. The molecule has 0 aliphatic carbocycles. The average molecular weight is 477 g/mol. The number of nitrogens with one attached hydrogen (secondary N) is 1. The molecule has 3 aromatic carbocycles. The number of ether oxygens (including phenoxy) is 1. The molecule has 0 spiro atoms. The Morgan fingerprint density at radius 2 is 1.42 bits per heavy atom. The minimum Gasteiger partial charge on any atom is -0.468 e. The van der Waals surface area contributed by atoms with Crippen LogP contribution in [0.25, 0.3) is 5.65 Å². The Morgan fingerprint density at radius 3 is 1.92 bits per heavy atom. The highest BCUT2D eigenvalue weighted by molar-refractivity contribution is 5.77. The second kappa shape index (κ2) is 10.1. The summed E-state index contributed by atoms with van der Waals surface area (Å²) >= 11 is 0. The largest absolute Gasteiger partial charge is 0.468 e. The number of nitrogens with zero attached hydrogens (tertiary/aromatic N) is 2. The molecule has 0 aliphatic heterocycles. The van der Waals surface area contributed by atoms with Crippen molar-refractivity contribution in [1.82, 2.24) is 14.7 Å². The van der Waals surface area contributed by atoms with Gasteiger partial charge in [-0.05, 0) is 28.8 Å². The summed E-state index contributed by atoms with van der Waals surface area (Å²) in [4.78, 5) is 17.7. The molecule has 0 saturated carbocycles. The molecule has 6 heteroatoms. The Morgan fingerprint density at radius 1 is 0.889 bits per heavy atom. The van der Waals surface area contributed by atoms with Crippen LogP contribution in [0.3, 0.4) is 0 Å². The fourth-order valence-electron chi connectivity index (χ4n) is 4.88. The lowest BCUT2D eigenvalue weighted by molar-refractivity contribution is -0.143. The summed E-state index contributed by atoms with van der Waals surface area (Å²) in [7, 11) is 1.42. The standard InChI is InChI=1S/C30H28N4O2/c1-36-29(35)27(21-25-17-18-26(31)28-32-19-20-34(25)28)33-30(22-11-5-2-6-12-22,23-13-7-3-8-14-23)24-15-9-4-10-16-24/h2-20,27,33H,21,31H2,1H3/t27-/m0/s1. The van der Waals surface area contributed by atoms with Crippen molar-refractivity contribution in [2.24, 2.45) is 0 Å². The van der Waals surface area contributed by atoms with Crippen LogP contribution in [-0.4, -0.2) is 28.5 Å². The van der Waals surface area contributed by atoms with E-state index in [9.17, 15) is 4.79 Å². The van der Waals surface area contributed by atoms with Crippen molar-refractivity contribution >= 4 is 17.3 Å². The summed E-state index contributed by atoms with van der Waals surface area (Å²) in [6.45, 7) is 0. The Balaban J connectivity index is 1.69. The molecule has 36 heavy (non-hydrogen) atoms. The van der Waals surface area contributed by atoms with Crippen LogP contribution in [0.4, 0.5) is 5.69 Å². The molecule has 0 bridgehead atoms. The van der Waals surface area contributed by atoms with Gasteiger partial charge in [0.15, 0.2) is 5.65 Å². The van der Waals surface area contributed by atoms with Crippen molar-refractivity contribution in [2.75, 3.05) is 12.8 Å². The first-order valence-corrected chi connectivity index (χ1v) is 11.9. The molecule has 0 fully saturated rings. The number of nitrogens with two attached hydrogens (primary N) is 1. The zero-order valence-electron chi connectivity index (χ0n) is 20.0. The van der Waals surface area contributed by atoms with E-state index in [1.165, 1.54) is 7.11 Å². The molecule has 2 aromatic heterocycles. The Hall–Kier alpha value is -4.42. The van der Waals surface area contributed by atoms with Crippen LogP contribution >= 0.6 is 0 Å². The van der Waals surface area contributed by atoms with E-state index in [1.807, 2.05) is 77.3 Å². The number of esters is 1. The first-order valence-electron chi connectivity index (χ1n) is 11.9. The maximum atomic E-state index is 13.3. The van der Waals surface area contributed by atoms with Gasteiger partial charge in [0.25, 0.3) is 0 Å². The minimum absolute atomic E-state index is 0.354. The smallest absolute Gasteiger partial charge is 0.323 e. The van der Waals surface area contributed by atoms with E-state index in [1.54, 1.807) is 6.20 Å². The molecule has 2 heterocycles. The van der Waals surface area contributed by atoms with Crippen LogP contribution in [-0.2, 0) is 21.5 Å². The predicted molar refractivity (Wildman–Crippen MR) is 141 cm³/mol. The number of carbonyl (C=O) groups excluding carboxylic acids is 1. The van der Waals surface area contributed by atoms with Crippen molar-refractivity contribution in [2.45, 2.75) is 18.0 Å². The number of hydrogen-bond acceptors (Lipinski definition) is 5. The van der Waals surface area contributed by atoms with E-state index in [2.05, 4.69) is 46.7 Å². The molecule has 0 radical (unpaired) electrons. The van der Waals surface area contributed by atoms with E-state index in [0.29, 0.717) is 17.8 Å². The molecule has 0 unspecified atom stereocenters. The third-order valence-corrected chi connectivity index (χ3v) is 6.57. The van der Waals surface area contributed by atoms with Crippen molar-refractivity contribution in [3.05, 3.63) is 138 Å². The summed E-state index contributed by atoms with van der Waals surface area (Å²) in [5.41, 5.74) is 10.5. The van der Waals surface area contributed by atoms with Gasteiger partial charge in [-0.3, -0.25) is 10.1 Å². The van der Waals surface area contributed by atoms with Crippen molar-refractivity contribution < 1.29 is 9.53 Å². The number of hydrogen-bond donors (Lipinski definition) is 2. The number of carbonyl (C=O) groups is 1. The number of imidazole rings is 1. The molecule has 180 valence electrons. The predicted octanol–water partition coefficient (Wildman–Crippen LogP) is 4.58. The maximum Gasteiger partial charge on any atom is 0.323 e. The van der Waals surface area contributed by atoms with Crippen molar-refractivity contribution in [3.63, 3.8) is 0 Å². The van der Waals surface area contributed by atoms with Crippen LogP contribution in [0.2, 0.25) is 0 Å². The van der Waals surface area contributed by atoms with Gasteiger partial charge in [0.2, 0.25) is 0 Å². The van der Waals surface area contributed by atoms with Crippen LogP contribution in [0.15, 0.2) is 116 Å². The van der Waals surface area contributed by atoms with Gasteiger partial charge in [-0.25, -0.2) is 4.98 Å². The first kappa shape index (κ1) is 23.3. The molecular formula is C30H28N4O2. The Kier molecular flexibility index (Phi) is 6.52. The van der Waals surface area contributed by atoms with E-state index in [4.69, 9.17) is 10.5 Å². The Bertz CT molecular complexity index is 1350. The summed E-state index contributed by atoms with van der Waals surface area (Å²) in [5.74, 6) is -0.354. The molecule has 6 nitrogen and oxygen atoms in total. The van der Waals surface area contributed by atoms with E-state index in [0.717, 1.165) is 22.4 Å². The third kappa shape index (κ3) is 4.23. The lowest BCUT2D eigenvalue weighted by Crippen LogP contribution is -2.53. The van der Waals surface area contributed by atoms with Crippen LogP contribution in [0, 0.1) is 0 Å². The van der Waals surface area contributed by atoms with E-state index in [-0.39, 0.29) is 5.97 Å². The molecule has 5 rings (SSSR count). The molecule has 0 amide bonds. The van der Waals surface area contributed by atoms with Crippen LogP contribution in [0.1, 0.15) is 22.4 Å². The second-order valence-corrected chi connectivity index (χ2v) is 8.67. The summed E-state index contributed by atoms with van der Waals surface area (Å²) in [5, 5.41) is 3.75. The van der Waals surface area contributed by atoms with Gasteiger partial charge in [0, 0.05) is 24.5 Å². The molecular weight excluding hydrogens is 448 g/mol. The van der Waals surface area contributed by atoms with Gasteiger partial charge >= 0.3 is 5.97 Å². The molecule has 5 aromatic rings. The second-order valence-electron chi connectivity index (χ2n) is 8.67. The highest BCUT2D eigenvalue weighted by Crippen LogP contribution is 2.37. The quantitative estimate of drug-likeness (QED) is 0.253. The van der Waals surface area contributed by atoms with E-state index < -0.39 is 11.6 Å². The van der Waals surface area contributed by atoms with Gasteiger partial charge < -0.3 is 14.9 Å². The summed E-state index contributed by atoms with van der Waals surface area (Å²) in [6.07, 6.45) is 3.93. The number of anilines is 1. The Labute approximate surface area is 210 Å². The average Bonchev–Trinajstić information content (AvgIpc) is 3.45. The normalized spacial score (nSPS) is 12.4. The molecule has 0 aliphatic rings. The lowest BCUT2D eigenvalue weighted by Gasteiger charge is -2.39. The van der Waals surface area contributed by atoms with E-state index >= 15 is 0 Å². The first-order chi connectivity index (χ1) is 17.6. The number of methoxy groups -OCH3 is 1. The zero-order valence-corrected chi connectivity index (χ0v) is 20.0.